The van der Waals surface area contributed by atoms with E-state index in [1.54, 1.807) is 12.1 Å². The van der Waals surface area contributed by atoms with Crippen LogP contribution in [0.25, 0.3) is 11.2 Å². The van der Waals surface area contributed by atoms with Crippen molar-refractivity contribution in [1.29, 1.82) is 0 Å². The number of hydrazone groups is 1. The van der Waals surface area contributed by atoms with Gasteiger partial charge in [0.2, 0.25) is 0 Å². The summed E-state index contributed by atoms with van der Waals surface area (Å²) in [5, 5.41) is 13.1. The quantitative estimate of drug-likeness (QED) is 0.413. The zero-order valence-corrected chi connectivity index (χ0v) is 15.5. The van der Waals surface area contributed by atoms with Crippen molar-refractivity contribution in [3.8, 4) is 5.75 Å². The number of imidazole rings is 1. The number of aromatic hydroxyl groups is 1. The second-order valence-electron chi connectivity index (χ2n) is 6.24. The number of aryl methyl sites for hydroxylation is 2. The molecule has 1 amide bonds. The van der Waals surface area contributed by atoms with Gasteiger partial charge in [-0.1, -0.05) is 6.92 Å². The van der Waals surface area contributed by atoms with Crippen molar-refractivity contribution in [2.24, 2.45) is 12.1 Å². The Morgan fingerprint density at radius 1 is 1.32 bits per heavy atom. The maximum atomic E-state index is 12.3. The number of phenols is 1. The summed E-state index contributed by atoms with van der Waals surface area (Å²) in [6, 6.07) is 6.31. The topological polar surface area (TPSA) is 134 Å². The van der Waals surface area contributed by atoms with E-state index in [1.165, 1.54) is 34.5 Å². The molecule has 2 heterocycles. The van der Waals surface area contributed by atoms with Crippen LogP contribution in [0.4, 0.5) is 0 Å². The van der Waals surface area contributed by atoms with Crippen molar-refractivity contribution >= 4 is 23.3 Å². The molecule has 146 valence electrons. The second-order valence-corrected chi connectivity index (χ2v) is 6.24. The Labute approximate surface area is 159 Å². The van der Waals surface area contributed by atoms with E-state index >= 15 is 0 Å². The van der Waals surface area contributed by atoms with Gasteiger partial charge in [-0.05, 0) is 36.2 Å². The van der Waals surface area contributed by atoms with E-state index in [1.807, 2.05) is 6.92 Å². The number of nitrogens with zero attached hydrogens (tertiary/aromatic N) is 4. The number of hydrogen-bond donors (Lipinski definition) is 3. The van der Waals surface area contributed by atoms with E-state index in [-0.39, 0.29) is 23.5 Å². The van der Waals surface area contributed by atoms with Crippen LogP contribution >= 0.6 is 0 Å². The van der Waals surface area contributed by atoms with Crippen molar-refractivity contribution in [2.75, 3.05) is 0 Å². The van der Waals surface area contributed by atoms with Gasteiger partial charge >= 0.3 is 5.69 Å². The molecule has 3 rings (SSSR count). The molecule has 1 aromatic carbocycles. The minimum Gasteiger partial charge on any atom is -0.508 e. The van der Waals surface area contributed by atoms with Gasteiger partial charge in [-0.25, -0.2) is 15.2 Å². The van der Waals surface area contributed by atoms with E-state index in [0.29, 0.717) is 17.8 Å². The summed E-state index contributed by atoms with van der Waals surface area (Å²) in [4.78, 5) is 43.0. The number of carbonyl (C=O) groups excluding carboxylic acids is 1. The van der Waals surface area contributed by atoms with Crippen LogP contribution in [0, 0.1) is 0 Å². The summed E-state index contributed by atoms with van der Waals surface area (Å²) in [5.74, 6) is 0.234. The summed E-state index contributed by atoms with van der Waals surface area (Å²) in [7, 11) is 1.51. The van der Waals surface area contributed by atoms with E-state index in [4.69, 9.17) is 0 Å². The molecule has 10 nitrogen and oxygen atoms in total. The summed E-state index contributed by atoms with van der Waals surface area (Å²) in [6.45, 7) is 1.79. The molecule has 2 aromatic heterocycles. The van der Waals surface area contributed by atoms with Crippen LogP contribution in [0.15, 0.2) is 39.0 Å². The van der Waals surface area contributed by atoms with E-state index in [9.17, 15) is 19.5 Å². The minimum atomic E-state index is -0.589. The Hall–Kier alpha value is -3.69. The zero-order valence-electron chi connectivity index (χ0n) is 15.5. The first kappa shape index (κ1) is 19.1. The monoisotopic (exact) mass is 384 g/mol. The SMILES string of the molecule is CCCc1nc2c(c(=O)[nH]c(=O)n2C)n1CC(=O)N/N=C/c1ccc(O)cc1. The molecule has 0 fully saturated rings. The van der Waals surface area contributed by atoms with Gasteiger partial charge in [0.15, 0.2) is 11.2 Å². The largest absolute Gasteiger partial charge is 0.508 e. The third-order valence-electron chi connectivity index (χ3n) is 4.16. The third kappa shape index (κ3) is 3.85. The van der Waals surface area contributed by atoms with Gasteiger partial charge in [0.05, 0.1) is 6.21 Å². The summed E-state index contributed by atoms with van der Waals surface area (Å²) in [6.07, 6.45) is 2.75. The second kappa shape index (κ2) is 7.91. The highest BCUT2D eigenvalue weighted by Crippen LogP contribution is 2.12. The molecular weight excluding hydrogens is 364 g/mol. The van der Waals surface area contributed by atoms with Crippen LogP contribution in [0.2, 0.25) is 0 Å². The van der Waals surface area contributed by atoms with Crippen LogP contribution in [0.5, 0.6) is 5.75 Å². The molecule has 0 atom stereocenters. The third-order valence-corrected chi connectivity index (χ3v) is 4.16. The molecule has 0 unspecified atom stereocenters. The first-order valence-corrected chi connectivity index (χ1v) is 8.70. The van der Waals surface area contributed by atoms with Crippen molar-refractivity contribution in [1.82, 2.24) is 24.5 Å². The summed E-state index contributed by atoms with van der Waals surface area (Å²) in [5.41, 5.74) is 2.35. The average molecular weight is 384 g/mol. The van der Waals surface area contributed by atoms with Crippen LogP contribution < -0.4 is 16.7 Å². The number of rotatable bonds is 6. The molecule has 0 aliphatic rings. The molecule has 10 heteroatoms. The predicted molar refractivity (Wildman–Crippen MR) is 103 cm³/mol. The lowest BCUT2D eigenvalue weighted by molar-refractivity contribution is -0.121. The van der Waals surface area contributed by atoms with Gasteiger partial charge in [0.1, 0.15) is 18.1 Å². The summed E-state index contributed by atoms with van der Waals surface area (Å²) < 4.78 is 2.75. The molecule has 28 heavy (non-hydrogen) atoms. The zero-order chi connectivity index (χ0) is 20.3. The lowest BCUT2D eigenvalue weighted by Crippen LogP contribution is -2.30. The first-order chi connectivity index (χ1) is 13.4. The molecule has 0 saturated carbocycles. The number of fused-ring (bicyclic) bond motifs is 1. The maximum absolute atomic E-state index is 12.3. The van der Waals surface area contributed by atoms with Gasteiger partial charge in [0, 0.05) is 13.5 Å². The number of benzene rings is 1. The number of nitrogens with one attached hydrogen (secondary N) is 2. The van der Waals surface area contributed by atoms with Crippen molar-refractivity contribution < 1.29 is 9.90 Å². The number of H-pyrrole nitrogens is 1. The highest BCUT2D eigenvalue weighted by molar-refractivity contribution is 5.83. The average Bonchev–Trinajstić information content (AvgIpc) is 3.00. The molecule has 0 radical (unpaired) electrons. The fraction of sp³-hybridized carbons (Fsp3) is 0.278. The Balaban J connectivity index is 1.86. The molecule has 0 bridgehead atoms. The van der Waals surface area contributed by atoms with Crippen LogP contribution in [0.3, 0.4) is 0 Å². The fourth-order valence-electron chi connectivity index (χ4n) is 2.78. The standard InChI is InChI=1S/C18H20N6O4/c1-3-4-13-20-16-15(17(27)21-18(28)23(16)2)24(13)10-14(26)22-19-9-11-5-7-12(25)8-6-11/h5-9,25H,3-4,10H2,1-2H3,(H,22,26)(H,21,27,28)/b19-9+. The van der Waals surface area contributed by atoms with Gasteiger partial charge < -0.3 is 9.67 Å². The van der Waals surface area contributed by atoms with E-state index in [0.717, 1.165) is 6.42 Å². The molecule has 3 aromatic rings. The predicted octanol–water partition coefficient (Wildman–Crippen LogP) is 0.232. The minimum absolute atomic E-state index is 0.135. The Kier molecular flexibility index (Phi) is 5.39. The van der Waals surface area contributed by atoms with Crippen LogP contribution in [-0.2, 0) is 24.8 Å². The molecule has 0 spiro atoms. The van der Waals surface area contributed by atoms with Crippen LogP contribution in [-0.4, -0.2) is 36.3 Å². The molecule has 0 aliphatic heterocycles. The van der Waals surface area contributed by atoms with Crippen molar-refractivity contribution in [2.45, 2.75) is 26.3 Å². The maximum Gasteiger partial charge on any atom is 0.329 e. The van der Waals surface area contributed by atoms with Gasteiger partial charge in [0.25, 0.3) is 11.5 Å². The van der Waals surface area contributed by atoms with Crippen LogP contribution in [0.1, 0.15) is 24.7 Å². The van der Waals surface area contributed by atoms with E-state index in [2.05, 4.69) is 20.5 Å². The number of aromatic nitrogens is 4. The van der Waals surface area contributed by atoms with Crippen molar-refractivity contribution in [3.05, 3.63) is 56.5 Å². The molecule has 0 aliphatic carbocycles. The Morgan fingerprint density at radius 3 is 2.71 bits per heavy atom. The molecule has 3 N–H and O–H groups in total. The lowest BCUT2D eigenvalue weighted by atomic mass is 10.2. The Morgan fingerprint density at radius 2 is 2.04 bits per heavy atom. The van der Waals surface area contributed by atoms with Gasteiger partial charge in [-0.2, -0.15) is 5.10 Å². The molecule has 0 saturated heterocycles. The van der Waals surface area contributed by atoms with Crippen molar-refractivity contribution in [3.63, 3.8) is 0 Å². The fourth-order valence-corrected chi connectivity index (χ4v) is 2.78. The number of aromatic amines is 1. The molecular formula is C18H20N6O4. The summed E-state index contributed by atoms with van der Waals surface area (Å²) >= 11 is 0. The normalized spacial score (nSPS) is 11.4. The number of hydrogen-bond acceptors (Lipinski definition) is 6. The van der Waals surface area contributed by atoms with Gasteiger partial charge in [-0.15, -0.1) is 0 Å². The number of phenolic OH excluding ortho intramolecular Hbond substituents is 1. The smallest absolute Gasteiger partial charge is 0.329 e. The Bertz CT molecular complexity index is 1150. The highest BCUT2D eigenvalue weighted by atomic mass is 16.3. The number of amides is 1. The number of carbonyl (C=O) groups is 1. The van der Waals surface area contributed by atoms with Gasteiger partial charge in [-0.3, -0.25) is 19.1 Å². The lowest BCUT2D eigenvalue weighted by Gasteiger charge is -2.07. The first-order valence-electron chi connectivity index (χ1n) is 8.70. The highest BCUT2D eigenvalue weighted by Gasteiger charge is 2.18. The van der Waals surface area contributed by atoms with E-state index < -0.39 is 17.2 Å².